The Morgan fingerprint density at radius 3 is 2.73 bits per heavy atom. The van der Waals surface area contributed by atoms with Crippen LogP contribution in [0.2, 0.25) is 0 Å². The topological polar surface area (TPSA) is 46.3 Å². The number of halogens is 1. The molecule has 1 aliphatic rings. The van der Waals surface area contributed by atoms with E-state index in [2.05, 4.69) is 13.0 Å². The third-order valence-electron chi connectivity index (χ3n) is 4.28. The molecular weight excluding hydrogens is 296 g/mol. The molecule has 1 heterocycles. The molecule has 2 aromatic rings. The van der Waals surface area contributed by atoms with Crippen molar-refractivity contribution in [2.45, 2.75) is 26.2 Å². The van der Waals surface area contributed by atoms with Crippen molar-refractivity contribution in [2.24, 2.45) is 0 Å². The fraction of sp³-hybridized carbons (Fsp3) is 0.278. The Labute approximate surface area is 137 Å². The molecule has 0 fully saturated rings. The van der Waals surface area contributed by atoms with Crippen LogP contribution in [-0.4, -0.2) is 12.5 Å². The van der Waals surface area contributed by atoms with Crippen LogP contribution in [0.4, 0.5) is 11.4 Å². The van der Waals surface area contributed by atoms with Gasteiger partial charge in [0.25, 0.3) is 5.91 Å². The average molecular weight is 317 g/mol. The lowest BCUT2D eigenvalue weighted by molar-refractivity contribution is 0.0984. The van der Waals surface area contributed by atoms with Crippen LogP contribution < -0.4 is 10.6 Å². The smallest absolute Gasteiger partial charge is 0.258 e. The van der Waals surface area contributed by atoms with Gasteiger partial charge in [0.05, 0.1) is 0 Å². The average Bonchev–Trinajstić information content (AvgIpc) is 2.50. The molecule has 2 aromatic carbocycles. The number of nitrogen functional groups attached to an aromatic ring is 1. The highest BCUT2D eigenvalue weighted by atomic mass is 35.5. The molecule has 4 heteroatoms. The van der Waals surface area contributed by atoms with Gasteiger partial charge >= 0.3 is 0 Å². The number of nitrogens with two attached hydrogens (primary N) is 1. The van der Waals surface area contributed by atoms with Crippen molar-refractivity contribution in [1.29, 1.82) is 0 Å². The molecule has 116 valence electrons. The van der Waals surface area contributed by atoms with Gasteiger partial charge in [-0.05, 0) is 48.6 Å². The van der Waals surface area contributed by atoms with Crippen molar-refractivity contribution in [2.75, 3.05) is 17.2 Å². The Morgan fingerprint density at radius 2 is 1.95 bits per heavy atom. The Bertz CT molecular complexity index is 699. The van der Waals surface area contributed by atoms with Crippen molar-refractivity contribution in [1.82, 2.24) is 0 Å². The van der Waals surface area contributed by atoms with Crippen molar-refractivity contribution in [3.8, 4) is 0 Å². The zero-order valence-corrected chi connectivity index (χ0v) is 13.7. The van der Waals surface area contributed by atoms with Gasteiger partial charge in [-0.2, -0.15) is 0 Å². The van der Waals surface area contributed by atoms with E-state index in [1.165, 1.54) is 5.56 Å². The first kappa shape index (κ1) is 16.4. The molecule has 1 aliphatic heterocycles. The summed E-state index contributed by atoms with van der Waals surface area (Å²) in [5.41, 5.74) is 10.4. The van der Waals surface area contributed by atoms with Crippen molar-refractivity contribution in [3.63, 3.8) is 0 Å². The largest absolute Gasteiger partial charge is 0.399 e. The SMILES string of the molecule is Cc1ccc(N)cc1C(=O)N1CCC(C)c2ccccc21.Cl. The van der Waals surface area contributed by atoms with E-state index in [0.717, 1.165) is 24.2 Å². The van der Waals surface area contributed by atoms with E-state index in [0.29, 0.717) is 17.2 Å². The third kappa shape index (κ3) is 2.81. The van der Waals surface area contributed by atoms with E-state index in [4.69, 9.17) is 5.73 Å². The molecule has 1 atom stereocenters. The van der Waals surface area contributed by atoms with Gasteiger partial charge in [0.2, 0.25) is 0 Å². The maximum atomic E-state index is 12.9. The Morgan fingerprint density at radius 1 is 1.23 bits per heavy atom. The number of benzene rings is 2. The monoisotopic (exact) mass is 316 g/mol. The van der Waals surface area contributed by atoms with Gasteiger partial charge in [0.1, 0.15) is 0 Å². The second-order valence-corrected chi connectivity index (χ2v) is 5.78. The molecule has 0 aliphatic carbocycles. The summed E-state index contributed by atoms with van der Waals surface area (Å²) < 4.78 is 0. The van der Waals surface area contributed by atoms with E-state index in [1.807, 2.05) is 42.2 Å². The number of fused-ring (bicyclic) bond motifs is 1. The van der Waals surface area contributed by atoms with Crippen LogP contribution in [0.5, 0.6) is 0 Å². The molecule has 0 saturated heterocycles. The predicted octanol–water partition coefficient (Wildman–Crippen LogP) is 4.15. The minimum Gasteiger partial charge on any atom is -0.399 e. The molecule has 0 radical (unpaired) electrons. The first-order valence-corrected chi connectivity index (χ1v) is 7.35. The lowest BCUT2D eigenvalue weighted by Crippen LogP contribution is -2.36. The summed E-state index contributed by atoms with van der Waals surface area (Å²) >= 11 is 0. The van der Waals surface area contributed by atoms with Gasteiger partial charge in [0, 0.05) is 23.5 Å². The molecule has 0 aromatic heterocycles. The number of amides is 1. The second-order valence-electron chi connectivity index (χ2n) is 5.78. The van der Waals surface area contributed by atoms with Crippen LogP contribution in [0.25, 0.3) is 0 Å². The van der Waals surface area contributed by atoms with Crippen LogP contribution in [0, 0.1) is 6.92 Å². The van der Waals surface area contributed by atoms with Gasteiger partial charge in [-0.15, -0.1) is 12.4 Å². The predicted molar refractivity (Wildman–Crippen MR) is 94.0 cm³/mol. The normalized spacial score (nSPS) is 16.6. The van der Waals surface area contributed by atoms with Crippen molar-refractivity contribution in [3.05, 3.63) is 59.2 Å². The Hall–Kier alpha value is -2.00. The highest BCUT2D eigenvalue weighted by molar-refractivity contribution is 6.08. The number of para-hydroxylation sites is 1. The van der Waals surface area contributed by atoms with Crippen LogP contribution >= 0.6 is 12.4 Å². The summed E-state index contributed by atoms with van der Waals surface area (Å²) in [4.78, 5) is 14.8. The number of carbonyl (C=O) groups excluding carboxylic acids is 1. The van der Waals surface area contributed by atoms with Crippen LogP contribution in [0.3, 0.4) is 0 Å². The van der Waals surface area contributed by atoms with Gasteiger partial charge in [-0.1, -0.05) is 31.2 Å². The quantitative estimate of drug-likeness (QED) is 0.803. The second kappa shape index (κ2) is 6.41. The summed E-state index contributed by atoms with van der Waals surface area (Å²) in [7, 11) is 0. The number of carbonyl (C=O) groups is 1. The molecule has 0 bridgehead atoms. The molecule has 3 rings (SSSR count). The number of nitrogens with zero attached hydrogens (tertiary/aromatic N) is 1. The van der Waals surface area contributed by atoms with E-state index in [-0.39, 0.29) is 18.3 Å². The molecular formula is C18H21ClN2O. The number of rotatable bonds is 1. The summed E-state index contributed by atoms with van der Waals surface area (Å²) in [5, 5.41) is 0. The van der Waals surface area contributed by atoms with Crippen LogP contribution in [0.1, 0.15) is 40.7 Å². The molecule has 2 N–H and O–H groups in total. The fourth-order valence-corrected chi connectivity index (χ4v) is 2.98. The summed E-state index contributed by atoms with van der Waals surface area (Å²) in [6.45, 7) is 4.92. The number of aryl methyl sites for hydroxylation is 1. The molecule has 0 spiro atoms. The van der Waals surface area contributed by atoms with Crippen molar-refractivity contribution < 1.29 is 4.79 Å². The zero-order chi connectivity index (χ0) is 15.0. The Kier molecular flexibility index (Phi) is 4.77. The maximum absolute atomic E-state index is 12.9. The molecule has 0 saturated carbocycles. The van der Waals surface area contributed by atoms with Crippen molar-refractivity contribution >= 4 is 29.7 Å². The maximum Gasteiger partial charge on any atom is 0.258 e. The zero-order valence-electron chi connectivity index (χ0n) is 12.9. The highest BCUT2D eigenvalue weighted by Crippen LogP contribution is 2.35. The lowest BCUT2D eigenvalue weighted by Gasteiger charge is -2.33. The molecule has 1 amide bonds. The van der Waals surface area contributed by atoms with Gasteiger partial charge in [-0.25, -0.2) is 0 Å². The minimum atomic E-state index is 0. The van der Waals surface area contributed by atoms with Crippen LogP contribution in [0.15, 0.2) is 42.5 Å². The standard InChI is InChI=1S/C18H20N2O.ClH/c1-12-7-8-14(19)11-16(12)18(21)20-10-9-13(2)15-5-3-4-6-17(15)20;/h3-8,11,13H,9-10,19H2,1-2H3;1H. The van der Waals surface area contributed by atoms with Gasteiger partial charge in [0.15, 0.2) is 0 Å². The van der Waals surface area contributed by atoms with E-state index >= 15 is 0 Å². The molecule has 1 unspecified atom stereocenters. The summed E-state index contributed by atoms with van der Waals surface area (Å²) in [5.74, 6) is 0.534. The Balaban J connectivity index is 0.00000176. The number of hydrogen-bond acceptors (Lipinski definition) is 2. The summed E-state index contributed by atoms with van der Waals surface area (Å²) in [6.07, 6.45) is 0.990. The lowest BCUT2D eigenvalue weighted by atomic mass is 9.91. The fourth-order valence-electron chi connectivity index (χ4n) is 2.98. The van der Waals surface area contributed by atoms with E-state index < -0.39 is 0 Å². The summed E-state index contributed by atoms with van der Waals surface area (Å²) in [6, 6.07) is 13.7. The highest BCUT2D eigenvalue weighted by Gasteiger charge is 2.27. The van der Waals surface area contributed by atoms with E-state index in [1.54, 1.807) is 6.07 Å². The van der Waals surface area contributed by atoms with Gasteiger partial charge < -0.3 is 10.6 Å². The molecule has 22 heavy (non-hydrogen) atoms. The minimum absolute atomic E-state index is 0. The third-order valence-corrected chi connectivity index (χ3v) is 4.28. The number of hydrogen-bond donors (Lipinski definition) is 1. The van der Waals surface area contributed by atoms with Crippen LogP contribution in [-0.2, 0) is 0 Å². The first-order chi connectivity index (χ1) is 10.1. The van der Waals surface area contributed by atoms with Gasteiger partial charge in [-0.3, -0.25) is 4.79 Å². The molecule has 3 nitrogen and oxygen atoms in total. The first-order valence-electron chi connectivity index (χ1n) is 7.35. The van der Waals surface area contributed by atoms with E-state index in [9.17, 15) is 4.79 Å². The number of anilines is 2.